The molecule has 1 aliphatic rings. The van der Waals surface area contributed by atoms with Crippen molar-refractivity contribution in [2.75, 3.05) is 12.3 Å². The van der Waals surface area contributed by atoms with Gasteiger partial charge in [-0.25, -0.2) is 4.79 Å². The minimum absolute atomic E-state index is 0.101. The van der Waals surface area contributed by atoms with E-state index < -0.39 is 42.4 Å². The highest BCUT2D eigenvalue weighted by Gasteiger charge is 2.43. The average Bonchev–Trinajstić information content (AvgIpc) is 3.27. The minimum Gasteiger partial charge on any atom is -0.399 e. The highest BCUT2D eigenvalue weighted by atomic mass is 16.6. The molecule has 218 valence electrons. The number of allylic oxidation sites excluding steroid dienone is 2. The van der Waals surface area contributed by atoms with E-state index in [9.17, 15) is 24.9 Å². The summed E-state index contributed by atoms with van der Waals surface area (Å²) in [6, 6.07) is 12.0. The lowest BCUT2D eigenvalue weighted by Gasteiger charge is -2.18. The van der Waals surface area contributed by atoms with Crippen LogP contribution >= 0.6 is 0 Å². The molecule has 5 N–H and O–H groups in total. The first-order valence-corrected chi connectivity index (χ1v) is 13.2. The topological polar surface area (TPSA) is 153 Å². The Morgan fingerprint density at radius 3 is 2.23 bits per heavy atom. The largest absolute Gasteiger partial charge is 0.399 e. The van der Waals surface area contributed by atoms with Gasteiger partial charge in [-0.05, 0) is 48.7 Å². The first kappa shape index (κ1) is 34.2. The van der Waals surface area contributed by atoms with E-state index in [1.54, 1.807) is 30.5 Å². The molecule has 1 saturated heterocycles. The standard InChI is InChI=1S/C21H22N4O6.C5H10.C2H6.C2H4/c22-14-3-1-12(2-4-14)13-5-7-23-15(9-13)10-25-17(27)6-8-24(21(25)30)20-19(29)18(28)16(11-26)31-20;1-3-5-4-2;2*1-2/h1-9,16,18-20,26,28-29H,10-11,22H2;3,5H,4H2,1-2H3;1-2H3;1-2H2/b;5-3-;;. The van der Waals surface area contributed by atoms with E-state index in [4.69, 9.17) is 10.5 Å². The maximum atomic E-state index is 13.0. The van der Waals surface area contributed by atoms with Crippen molar-refractivity contribution in [1.29, 1.82) is 0 Å². The Hall–Kier alpha value is -3.83. The number of aliphatic hydroxyl groups is 3. The van der Waals surface area contributed by atoms with Gasteiger partial charge in [0.15, 0.2) is 6.23 Å². The van der Waals surface area contributed by atoms with Gasteiger partial charge in [0, 0.05) is 24.1 Å². The van der Waals surface area contributed by atoms with Gasteiger partial charge in [0.2, 0.25) is 0 Å². The van der Waals surface area contributed by atoms with Crippen molar-refractivity contribution in [3.05, 3.63) is 107 Å². The van der Waals surface area contributed by atoms with Gasteiger partial charge in [-0.1, -0.05) is 45.1 Å². The van der Waals surface area contributed by atoms with Crippen molar-refractivity contribution in [2.24, 2.45) is 0 Å². The van der Waals surface area contributed by atoms with Gasteiger partial charge in [-0.2, -0.15) is 0 Å². The molecule has 2 aromatic heterocycles. The van der Waals surface area contributed by atoms with Crippen LogP contribution in [0.3, 0.4) is 0 Å². The summed E-state index contributed by atoms with van der Waals surface area (Å²) in [4.78, 5) is 29.6. The summed E-state index contributed by atoms with van der Waals surface area (Å²) >= 11 is 0. The van der Waals surface area contributed by atoms with Crippen LogP contribution in [0.25, 0.3) is 11.1 Å². The Bertz CT molecular complexity index is 1300. The summed E-state index contributed by atoms with van der Waals surface area (Å²) in [5, 5.41) is 29.4. The first-order chi connectivity index (χ1) is 19.3. The number of nitrogens with zero attached hydrogens (tertiary/aromatic N) is 3. The fourth-order valence-corrected chi connectivity index (χ4v) is 3.80. The first-order valence-electron chi connectivity index (χ1n) is 13.2. The highest BCUT2D eigenvalue weighted by molar-refractivity contribution is 5.65. The lowest BCUT2D eigenvalue weighted by molar-refractivity contribution is -0.0555. The zero-order valence-corrected chi connectivity index (χ0v) is 23.7. The Morgan fingerprint density at radius 1 is 1.05 bits per heavy atom. The molecule has 0 amide bonds. The number of hydrogen-bond acceptors (Lipinski definition) is 8. The number of rotatable bonds is 6. The fraction of sp³-hybridized carbons (Fsp3) is 0.367. The number of benzene rings is 1. The Labute approximate surface area is 235 Å². The molecular formula is C30H42N4O6. The Balaban J connectivity index is 0.000000789. The molecule has 10 heteroatoms. The van der Waals surface area contributed by atoms with Gasteiger partial charge in [0.25, 0.3) is 5.56 Å². The Kier molecular flexibility index (Phi) is 15.1. The highest BCUT2D eigenvalue weighted by Crippen LogP contribution is 2.28. The number of anilines is 1. The van der Waals surface area contributed by atoms with Gasteiger partial charge in [-0.3, -0.25) is 18.9 Å². The zero-order valence-electron chi connectivity index (χ0n) is 23.7. The lowest BCUT2D eigenvalue weighted by atomic mass is 10.1. The summed E-state index contributed by atoms with van der Waals surface area (Å²) in [6.07, 6.45) is 3.05. The second-order valence-electron chi connectivity index (χ2n) is 8.29. The number of pyridine rings is 1. The third-order valence-corrected chi connectivity index (χ3v) is 5.74. The van der Waals surface area contributed by atoms with Crippen molar-refractivity contribution < 1.29 is 20.1 Å². The number of aromatic nitrogens is 3. The normalized spacial score (nSPS) is 19.5. The molecule has 3 heterocycles. The van der Waals surface area contributed by atoms with Gasteiger partial charge >= 0.3 is 5.69 Å². The molecule has 10 nitrogen and oxygen atoms in total. The number of hydrogen-bond donors (Lipinski definition) is 4. The van der Waals surface area contributed by atoms with Crippen LogP contribution < -0.4 is 17.0 Å². The smallest absolute Gasteiger partial charge is 0.333 e. The monoisotopic (exact) mass is 554 g/mol. The maximum absolute atomic E-state index is 13.0. The molecule has 1 aliphatic heterocycles. The number of nitrogen functional groups attached to an aromatic ring is 1. The fourth-order valence-electron chi connectivity index (χ4n) is 3.80. The Morgan fingerprint density at radius 2 is 1.70 bits per heavy atom. The van der Waals surface area contributed by atoms with E-state index in [0.717, 1.165) is 26.7 Å². The van der Waals surface area contributed by atoms with Crippen LogP contribution in [0.5, 0.6) is 0 Å². The van der Waals surface area contributed by atoms with E-state index in [1.807, 2.05) is 32.9 Å². The van der Waals surface area contributed by atoms with Crippen molar-refractivity contribution in [3.63, 3.8) is 0 Å². The molecule has 40 heavy (non-hydrogen) atoms. The summed E-state index contributed by atoms with van der Waals surface area (Å²) in [5.41, 5.74) is 7.31. The second-order valence-corrected chi connectivity index (χ2v) is 8.29. The molecule has 3 aromatic rings. The molecule has 0 bridgehead atoms. The number of aliphatic hydroxyl groups excluding tert-OH is 3. The quantitative estimate of drug-likeness (QED) is 0.268. The minimum atomic E-state index is -1.44. The van der Waals surface area contributed by atoms with E-state index in [2.05, 4.69) is 37.2 Å². The molecule has 4 rings (SSSR count). The number of nitrogens with two attached hydrogens (primary N) is 1. The lowest BCUT2D eigenvalue weighted by Crippen LogP contribution is -2.43. The van der Waals surface area contributed by atoms with Crippen LogP contribution in [0.4, 0.5) is 5.69 Å². The van der Waals surface area contributed by atoms with Crippen LogP contribution in [0.15, 0.2) is 89.8 Å². The molecule has 0 spiro atoms. The summed E-state index contributed by atoms with van der Waals surface area (Å²) < 4.78 is 7.39. The van der Waals surface area contributed by atoms with Crippen molar-refractivity contribution >= 4 is 5.69 Å². The third kappa shape index (κ3) is 8.85. The second kappa shape index (κ2) is 17.7. The van der Waals surface area contributed by atoms with Crippen molar-refractivity contribution in [3.8, 4) is 11.1 Å². The van der Waals surface area contributed by atoms with Crippen LogP contribution in [0.2, 0.25) is 0 Å². The van der Waals surface area contributed by atoms with Gasteiger partial charge in [0.1, 0.15) is 18.3 Å². The molecule has 1 fully saturated rings. The van der Waals surface area contributed by atoms with Crippen LogP contribution in [0, 0.1) is 0 Å². The molecule has 4 atom stereocenters. The van der Waals surface area contributed by atoms with E-state index in [0.29, 0.717) is 11.4 Å². The molecule has 4 unspecified atom stereocenters. The molecular weight excluding hydrogens is 512 g/mol. The number of ether oxygens (including phenoxy) is 1. The summed E-state index contributed by atoms with van der Waals surface area (Å²) in [6.45, 7) is 13.5. The molecule has 0 radical (unpaired) electrons. The van der Waals surface area contributed by atoms with E-state index in [-0.39, 0.29) is 6.54 Å². The van der Waals surface area contributed by atoms with Gasteiger partial charge in [0.05, 0.1) is 18.8 Å². The third-order valence-electron chi connectivity index (χ3n) is 5.74. The SMILES string of the molecule is C/C=C\CC.C=C.CC.Nc1ccc(-c2ccnc(Cn3c(=O)ccn(C4OC(CO)C(O)C4O)c3=O)c2)cc1. The van der Waals surface area contributed by atoms with E-state index >= 15 is 0 Å². The van der Waals surface area contributed by atoms with E-state index in [1.165, 1.54) is 12.3 Å². The summed E-state index contributed by atoms with van der Waals surface area (Å²) in [5.74, 6) is 0. The zero-order chi connectivity index (χ0) is 30.2. The van der Waals surface area contributed by atoms with Crippen LogP contribution in [-0.2, 0) is 11.3 Å². The van der Waals surface area contributed by atoms with Crippen molar-refractivity contribution in [1.82, 2.24) is 14.1 Å². The van der Waals surface area contributed by atoms with Crippen LogP contribution in [0.1, 0.15) is 46.0 Å². The molecule has 0 aliphatic carbocycles. The van der Waals surface area contributed by atoms with Crippen LogP contribution in [-0.4, -0.2) is 54.4 Å². The summed E-state index contributed by atoms with van der Waals surface area (Å²) in [7, 11) is 0. The molecule has 0 saturated carbocycles. The van der Waals surface area contributed by atoms with Gasteiger partial charge in [-0.15, -0.1) is 13.2 Å². The predicted molar refractivity (Wildman–Crippen MR) is 159 cm³/mol. The predicted octanol–water partition coefficient (Wildman–Crippen LogP) is 3.11. The maximum Gasteiger partial charge on any atom is 0.333 e. The molecule has 1 aromatic carbocycles. The van der Waals surface area contributed by atoms with Crippen molar-refractivity contribution in [2.45, 2.75) is 65.2 Å². The van der Waals surface area contributed by atoms with Gasteiger partial charge < -0.3 is 25.8 Å². The average molecular weight is 555 g/mol.